The highest BCUT2D eigenvalue weighted by Gasteiger charge is 2.20. The largest absolute Gasteiger partial charge is 0.341 e. The maximum Gasteiger partial charge on any atom is 0.318 e. The number of methoxy groups -OCH3 is 2. The SMILES string of the molecule is COC(OC)S(=O)(=O)O. The van der Waals surface area contributed by atoms with Crippen LogP contribution in [0.4, 0.5) is 0 Å². The third-order valence-corrected chi connectivity index (χ3v) is 1.50. The molecule has 0 bridgehead atoms. The van der Waals surface area contributed by atoms with Crippen molar-refractivity contribution in [2.24, 2.45) is 0 Å². The summed E-state index contributed by atoms with van der Waals surface area (Å²) < 4.78 is 36.8. The highest BCUT2D eigenvalue weighted by molar-refractivity contribution is 7.86. The maximum absolute atomic E-state index is 10.1. The molecule has 0 saturated heterocycles. The molecule has 0 aliphatic rings. The van der Waals surface area contributed by atoms with Crippen molar-refractivity contribution in [1.29, 1.82) is 0 Å². The third kappa shape index (κ3) is 2.75. The lowest BCUT2D eigenvalue weighted by Gasteiger charge is -2.07. The molecule has 0 aromatic heterocycles. The molecule has 0 atom stereocenters. The lowest BCUT2D eigenvalue weighted by Crippen LogP contribution is -2.23. The van der Waals surface area contributed by atoms with Gasteiger partial charge in [-0.1, -0.05) is 0 Å². The quantitative estimate of drug-likeness (QED) is 0.438. The summed E-state index contributed by atoms with van der Waals surface area (Å²) in [7, 11) is -1.98. The van der Waals surface area contributed by atoms with E-state index in [-0.39, 0.29) is 0 Å². The van der Waals surface area contributed by atoms with Crippen molar-refractivity contribution >= 4 is 10.1 Å². The average molecular weight is 156 g/mol. The van der Waals surface area contributed by atoms with Crippen LogP contribution in [-0.2, 0) is 19.6 Å². The van der Waals surface area contributed by atoms with Gasteiger partial charge in [0.15, 0.2) is 0 Å². The van der Waals surface area contributed by atoms with Crippen LogP contribution in [0.5, 0.6) is 0 Å². The second-order valence-electron chi connectivity index (χ2n) is 1.28. The van der Waals surface area contributed by atoms with Crippen LogP contribution in [0, 0.1) is 0 Å². The Morgan fingerprint density at radius 1 is 1.33 bits per heavy atom. The average Bonchev–Trinajstić information content (AvgIpc) is 1.65. The summed E-state index contributed by atoms with van der Waals surface area (Å²) in [5, 5.41) is 0. The Bertz CT molecular complexity index is 155. The number of rotatable bonds is 3. The molecule has 5 nitrogen and oxygen atoms in total. The van der Waals surface area contributed by atoms with Gasteiger partial charge in [0.1, 0.15) is 0 Å². The predicted molar refractivity (Wildman–Crippen MR) is 29.4 cm³/mol. The Labute approximate surface area is 53.3 Å². The van der Waals surface area contributed by atoms with Gasteiger partial charge in [-0.05, 0) is 0 Å². The molecule has 0 rings (SSSR count). The Morgan fingerprint density at radius 2 is 1.67 bits per heavy atom. The lowest BCUT2D eigenvalue weighted by atomic mass is 11.3. The normalized spacial score (nSPS) is 12.4. The van der Waals surface area contributed by atoms with Crippen molar-refractivity contribution in [3.8, 4) is 0 Å². The molecule has 0 spiro atoms. The van der Waals surface area contributed by atoms with Crippen LogP contribution in [0.1, 0.15) is 0 Å². The van der Waals surface area contributed by atoms with E-state index in [0.717, 1.165) is 14.2 Å². The molecule has 0 aromatic rings. The van der Waals surface area contributed by atoms with Crippen LogP contribution >= 0.6 is 0 Å². The van der Waals surface area contributed by atoms with Gasteiger partial charge < -0.3 is 9.47 Å². The van der Waals surface area contributed by atoms with E-state index < -0.39 is 15.7 Å². The molecule has 0 amide bonds. The molecule has 1 N–H and O–H groups in total. The van der Waals surface area contributed by atoms with Gasteiger partial charge in [-0.25, -0.2) is 0 Å². The second-order valence-corrected chi connectivity index (χ2v) is 2.69. The van der Waals surface area contributed by atoms with Crippen molar-refractivity contribution in [1.82, 2.24) is 0 Å². The van der Waals surface area contributed by atoms with Gasteiger partial charge in [0.05, 0.1) is 0 Å². The van der Waals surface area contributed by atoms with Crippen molar-refractivity contribution in [2.75, 3.05) is 14.2 Å². The number of hydrogen-bond acceptors (Lipinski definition) is 4. The smallest absolute Gasteiger partial charge is 0.318 e. The van der Waals surface area contributed by atoms with Crippen LogP contribution in [-0.4, -0.2) is 32.8 Å². The summed E-state index contributed by atoms with van der Waals surface area (Å²) in [6.07, 6.45) is 0. The summed E-state index contributed by atoms with van der Waals surface area (Å²) in [5.74, 6) is 0. The van der Waals surface area contributed by atoms with Gasteiger partial charge in [-0.15, -0.1) is 0 Å². The summed E-state index contributed by atoms with van der Waals surface area (Å²) in [6.45, 7) is 0. The van der Waals surface area contributed by atoms with E-state index in [1.54, 1.807) is 0 Å². The Balaban J connectivity index is 4.14. The second kappa shape index (κ2) is 3.11. The molecule has 0 fully saturated rings. The van der Waals surface area contributed by atoms with E-state index in [4.69, 9.17) is 4.55 Å². The molecular weight excluding hydrogens is 148 g/mol. The molecule has 0 aromatic carbocycles. The van der Waals surface area contributed by atoms with E-state index in [2.05, 4.69) is 9.47 Å². The number of hydrogen-bond donors (Lipinski definition) is 1. The van der Waals surface area contributed by atoms with Crippen molar-refractivity contribution in [3.05, 3.63) is 0 Å². The van der Waals surface area contributed by atoms with Crippen LogP contribution in [0.25, 0.3) is 0 Å². The monoisotopic (exact) mass is 156 g/mol. The first kappa shape index (κ1) is 8.83. The molecule has 9 heavy (non-hydrogen) atoms. The fraction of sp³-hybridized carbons (Fsp3) is 1.00. The molecule has 0 unspecified atom stereocenters. The minimum Gasteiger partial charge on any atom is -0.341 e. The molecule has 6 heteroatoms. The van der Waals surface area contributed by atoms with E-state index in [9.17, 15) is 8.42 Å². The van der Waals surface area contributed by atoms with E-state index in [1.165, 1.54) is 0 Å². The molecule has 56 valence electrons. The molecule has 0 aliphatic carbocycles. The zero-order valence-electron chi connectivity index (χ0n) is 5.07. The van der Waals surface area contributed by atoms with Crippen LogP contribution in [0.2, 0.25) is 0 Å². The van der Waals surface area contributed by atoms with Gasteiger partial charge in [-0.3, -0.25) is 4.55 Å². The van der Waals surface area contributed by atoms with Gasteiger partial charge >= 0.3 is 10.1 Å². The first-order valence-electron chi connectivity index (χ1n) is 2.04. The highest BCUT2D eigenvalue weighted by atomic mass is 32.2. The van der Waals surface area contributed by atoms with Crippen LogP contribution in [0.15, 0.2) is 0 Å². The molecule has 0 aliphatic heterocycles. The Morgan fingerprint density at radius 3 is 1.67 bits per heavy atom. The van der Waals surface area contributed by atoms with Gasteiger partial charge in [0.25, 0.3) is 5.62 Å². The van der Waals surface area contributed by atoms with E-state index in [0.29, 0.717) is 0 Å². The maximum atomic E-state index is 10.1. The van der Waals surface area contributed by atoms with Crippen molar-refractivity contribution in [2.45, 2.75) is 5.62 Å². The summed E-state index contributed by atoms with van der Waals surface area (Å²) in [4.78, 5) is 0. The highest BCUT2D eigenvalue weighted by Crippen LogP contribution is 1.98. The minimum absolute atomic E-state index is 1.11. The zero-order valence-corrected chi connectivity index (χ0v) is 5.88. The van der Waals surface area contributed by atoms with Gasteiger partial charge in [0, 0.05) is 14.2 Å². The van der Waals surface area contributed by atoms with E-state index >= 15 is 0 Å². The van der Waals surface area contributed by atoms with Gasteiger partial charge in [0.2, 0.25) is 0 Å². The summed E-state index contributed by atoms with van der Waals surface area (Å²) >= 11 is 0. The molecule has 0 heterocycles. The Kier molecular flexibility index (Phi) is 3.06. The summed E-state index contributed by atoms with van der Waals surface area (Å²) in [6, 6.07) is 0. The fourth-order valence-electron chi connectivity index (χ4n) is 0.339. The molecule has 0 saturated carbocycles. The molecule has 0 radical (unpaired) electrons. The van der Waals surface area contributed by atoms with Crippen LogP contribution < -0.4 is 0 Å². The summed E-state index contributed by atoms with van der Waals surface area (Å²) in [5.41, 5.74) is -1.57. The van der Waals surface area contributed by atoms with Crippen molar-refractivity contribution < 1.29 is 22.4 Å². The number of ether oxygens (including phenoxy) is 2. The standard InChI is InChI=1S/C3H8O5S/c1-7-3(8-2)9(4,5)6/h3H,1-2H3,(H,4,5,6). The zero-order chi connectivity index (χ0) is 7.49. The first-order chi connectivity index (χ1) is 4.02. The van der Waals surface area contributed by atoms with Gasteiger partial charge in [-0.2, -0.15) is 8.42 Å². The lowest BCUT2D eigenvalue weighted by molar-refractivity contribution is -0.0465. The first-order valence-corrected chi connectivity index (χ1v) is 3.54. The minimum atomic E-state index is -4.21. The predicted octanol–water partition coefficient (Wildman–Crippen LogP) is -0.549. The van der Waals surface area contributed by atoms with Crippen LogP contribution in [0.3, 0.4) is 0 Å². The Hall–Kier alpha value is -0.170. The van der Waals surface area contributed by atoms with E-state index in [1.807, 2.05) is 0 Å². The van der Waals surface area contributed by atoms with Crippen molar-refractivity contribution in [3.63, 3.8) is 0 Å². The third-order valence-electron chi connectivity index (χ3n) is 0.628. The topological polar surface area (TPSA) is 72.8 Å². The fourth-order valence-corrected chi connectivity index (χ4v) is 0.826. The molecular formula is C3H8O5S.